The molecule has 0 spiro atoms. The first-order valence-electron chi connectivity index (χ1n) is 9.42. The van der Waals surface area contributed by atoms with E-state index in [0.29, 0.717) is 42.5 Å². The van der Waals surface area contributed by atoms with Gasteiger partial charge in [0.15, 0.2) is 0 Å². The second-order valence-corrected chi connectivity index (χ2v) is 6.62. The normalized spacial score (nSPS) is 16.0. The molecule has 1 aromatic heterocycles. The van der Waals surface area contributed by atoms with Crippen LogP contribution in [-0.4, -0.2) is 58.1 Å². The highest BCUT2D eigenvalue weighted by Crippen LogP contribution is 2.10. The minimum Gasteiger partial charge on any atom is -0.350 e. The Morgan fingerprint density at radius 2 is 1.55 bits per heavy atom. The van der Waals surface area contributed by atoms with Gasteiger partial charge in [-0.2, -0.15) is 0 Å². The zero-order chi connectivity index (χ0) is 21.6. The van der Waals surface area contributed by atoms with Gasteiger partial charge in [-0.25, -0.2) is 0 Å². The molecule has 1 aliphatic heterocycles. The molecule has 0 atom stereocenters. The molecule has 1 aromatic rings. The molecule has 0 saturated carbocycles. The van der Waals surface area contributed by atoms with Crippen LogP contribution >= 0.6 is 0 Å². The number of nitrogens with zero attached hydrogens (tertiary/aromatic N) is 3. The third kappa shape index (κ3) is 4.54. The van der Waals surface area contributed by atoms with E-state index in [-0.39, 0.29) is 5.91 Å². The van der Waals surface area contributed by atoms with Gasteiger partial charge in [-0.1, -0.05) is 56.2 Å². The third-order valence-electron chi connectivity index (χ3n) is 4.88. The summed E-state index contributed by atoms with van der Waals surface area (Å²) < 4.78 is 1.81. The van der Waals surface area contributed by atoms with E-state index in [0.717, 1.165) is 5.35 Å². The number of carbonyl (C=O) groups is 3. The highest BCUT2D eigenvalue weighted by atomic mass is 16.2. The molecule has 0 aromatic carbocycles. The number of rotatable bonds is 6. The fraction of sp³-hybridized carbons (Fsp3) is 0.261. The van der Waals surface area contributed by atoms with E-state index < -0.39 is 11.7 Å². The summed E-state index contributed by atoms with van der Waals surface area (Å²) in [7, 11) is 1.83. The van der Waals surface area contributed by atoms with Crippen molar-refractivity contribution in [1.29, 1.82) is 0 Å². The topological polar surface area (TPSA) is 62.6 Å². The van der Waals surface area contributed by atoms with Crippen LogP contribution in [0.2, 0.25) is 0 Å². The van der Waals surface area contributed by atoms with E-state index in [4.69, 9.17) is 0 Å². The number of piperazine rings is 1. The molecule has 0 radical (unpaired) electrons. The first-order chi connectivity index (χ1) is 13.9. The Kier molecular flexibility index (Phi) is 7.31. The summed E-state index contributed by atoms with van der Waals surface area (Å²) in [4.78, 5) is 41.3. The minimum absolute atomic E-state index is 0.160. The molecule has 152 valence electrons. The Morgan fingerprint density at radius 3 is 2.03 bits per heavy atom. The van der Waals surface area contributed by atoms with Crippen LogP contribution in [-0.2, 0) is 16.6 Å². The number of ketones is 1. The lowest BCUT2D eigenvalue weighted by atomic mass is 10.1. The highest BCUT2D eigenvalue weighted by Gasteiger charge is 2.30. The van der Waals surface area contributed by atoms with Crippen molar-refractivity contribution in [3.8, 4) is 0 Å². The number of hydrogen-bond donors (Lipinski definition) is 0. The van der Waals surface area contributed by atoms with Gasteiger partial charge >= 0.3 is 0 Å². The molecule has 29 heavy (non-hydrogen) atoms. The summed E-state index contributed by atoms with van der Waals surface area (Å²) >= 11 is 0. The van der Waals surface area contributed by atoms with Gasteiger partial charge in [-0.05, 0) is 6.92 Å². The average molecular weight is 393 g/mol. The van der Waals surface area contributed by atoms with Crippen LogP contribution in [0.1, 0.15) is 17.3 Å². The van der Waals surface area contributed by atoms with Crippen LogP contribution in [0.5, 0.6) is 0 Å². The van der Waals surface area contributed by atoms with Gasteiger partial charge in [0.2, 0.25) is 0 Å². The molecule has 0 unspecified atom stereocenters. The van der Waals surface area contributed by atoms with Crippen LogP contribution in [0.4, 0.5) is 0 Å². The van der Waals surface area contributed by atoms with E-state index in [1.165, 1.54) is 17.1 Å². The number of hydrogen-bond acceptors (Lipinski definition) is 3. The number of allylic oxidation sites excluding steroid dienone is 3. The smallest absolute Gasteiger partial charge is 0.295 e. The zero-order valence-electron chi connectivity index (χ0n) is 17.1. The van der Waals surface area contributed by atoms with Crippen LogP contribution in [0.3, 0.4) is 0 Å². The summed E-state index contributed by atoms with van der Waals surface area (Å²) in [6.45, 7) is 14.1. The molecule has 2 rings (SSSR count). The van der Waals surface area contributed by atoms with Crippen molar-refractivity contribution in [1.82, 2.24) is 14.4 Å². The third-order valence-corrected chi connectivity index (χ3v) is 4.88. The van der Waals surface area contributed by atoms with Crippen molar-refractivity contribution < 1.29 is 14.4 Å². The maximum Gasteiger partial charge on any atom is 0.295 e. The van der Waals surface area contributed by atoms with Crippen molar-refractivity contribution in [2.24, 2.45) is 7.05 Å². The fourth-order valence-electron chi connectivity index (χ4n) is 3.40. The molecule has 2 heterocycles. The van der Waals surface area contributed by atoms with Gasteiger partial charge in [-0.15, -0.1) is 0 Å². The van der Waals surface area contributed by atoms with Gasteiger partial charge in [0.05, 0.1) is 5.56 Å². The number of aromatic nitrogens is 1. The lowest BCUT2D eigenvalue weighted by Gasteiger charge is -2.34. The van der Waals surface area contributed by atoms with Crippen molar-refractivity contribution in [3.05, 3.63) is 71.9 Å². The maximum absolute atomic E-state index is 12.9. The molecule has 6 nitrogen and oxygen atoms in total. The van der Waals surface area contributed by atoms with Crippen molar-refractivity contribution in [2.75, 3.05) is 26.2 Å². The Bertz CT molecular complexity index is 1000. The van der Waals surface area contributed by atoms with Gasteiger partial charge in [-0.3, -0.25) is 14.4 Å². The summed E-state index contributed by atoms with van der Waals surface area (Å²) in [5.41, 5.74) is 0.806. The number of Topliss-reactive ketones (excluding diaryl/α,β-unsaturated/α-hetero) is 1. The van der Waals surface area contributed by atoms with Gasteiger partial charge in [0.1, 0.15) is 0 Å². The van der Waals surface area contributed by atoms with E-state index in [1.807, 2.05) is 24.6 Å². The van der Waals surface area contributed by atoms with E-state index in [9.17, 15) is 14.4 Å². The molecule has 2 amide bonds. The van der Waals surface area contributed by atoms with Gasteiger partial charge < -0.3 is 14.4 Å². The largest absolute Gasteiger partial charge is 0.350 e. The second-order valence-electron chi connectivity index (χ2n) is 6.62. The number of carbonyl (C=O) groups excluding carboxylic acids is 3. The van der Waals surface area contributed by atoms with Crippen LogP contribution in [0, 0.1) is 0 Å². The van der Waals surface area contributed by atoms with Crippen LogP contribution < -0.4 is 10.6 Å². The van der Waals surface area contributed by atoms with E-state index in [2.05, 4.69) is 19.7 Å². The molecular formula is C23H27N3O3. The highest BCUT2D eigenvalue weighted by molar-refractivity contribution is 6.42. The Morgan fingerprint density at radius 1 is 0.966 bits per heavy atom. The molecule has 0 N–H and O–H groups in total. The lowest BCUT2D eigenvalue weighted by molar-refractivity contribution is -0.134. The Balaban J connectivity index is 2.17. The monoisotopic (exact) mass is 393 g/mol. The van der Waals surface area contributed by atoms with Crippen molar-refractivity contribution in [3.63, 3.8) is 0 Å². The van der Waals surface area contributed by atoms with Crippen LogP contribution in [0.25, 0.3) is 12.2 Å². The molecule has 0 aliphatic carbocycles. The predicted molar refractivity (Wildman–Crippen MR) is 115 cm³/mol. The van der Waals surface area contributed by atoms with Crippen molar-refractivity contribution in [2.45, 2.75) is 6.92 Å². The summed E-state index contributed by atoms with van der Waals surface area (Å²) in [5.74, 6) is -1.28. The molecular weight excluding hydrogens is 366 g/mol. The molecule has 1 fully saturated rings. The first kappa shape index (κ1) is 21.9. The first-order valence-corrected chi connectivity index (χ1v) is 9.42. The minimum atomic E-state index is -0.561. The zero-order valence-corrected chi connectivity index (χ0v) is 17.1. The Labute approximate surface area is 171 Å². The average Bonchev–Trinajstić information content (AvgIpc) is 3.05. The Hall–Kier alpha value is -3.41. The van der Waals surface area contributed by atoms with Crippen molar-refractivity contribution >= 4 is 29.7 Å². The molecule has 0 bridgehead atoms. The number of amides is 2. The van der Waals surface area contributed by atoms with Gasteiger partial charge in [0.25, 0.3) is 17.6 Å². The number of aryl methyl sites for hydroxylation is 1. The maximum atomic E-state index is 12.9. The van der Waals surface area contributed by atoms with Gasteiger partial charge in [0, 0.05) is 55.6 Å². The molecule has 1 saturated heterocycles. The standard InChI is InChI=1S/C23H27N3O3/c1-6-10-17(8-3)22(28)25-12-14-26(15-13-25)23(29)21(27)19-16-24(5)20(9-4)18(19)11-7-2/h6-11,16H,1-3,12-15H2,4-5H3/b17-10+,18-11-,20-9+. The SMILES string of the molecule is C=C/C=c1/c(C(=O)C(=O)N2CCN(C(=O)/C(C=C)=C/C=C)CC2)cn(C)/c1=C/C. The summed E-state index contributed by atoms with van der Waals surface area (Å²) in [6, 6.07) is 0. The predicted octanol–water partition coefficient (Wildman–Crippen LogP) is 0.944. The molecule has 6 heteroatoms. The second kappa shape index (κ2) is 9.68. The quantitative estimate of drug-likeness (QED) is 0.313. The fourth-order valence-corrected chi connectivity index (χ4v) is 3.40. The molecule has 1 aliphatic rings. The summed E-state index contributed by atoms with van der Waals surface area (Å²) in [6.07, 6.45) is 11.5. The lowest BCUT2D eigenvalue weighted by Crippen LogP contribution is -2.52. The van der Waals surface area contributed by atoms with E-state index >= 15 is 0 Å². The van der Waals surface area contributed by atoms with Crippen LogP contribution in [0.15, 0.2) is 55.8 Å². The van der Waals surface area contributed by atoms with E-state index in [1.54, 1.807) is 29.3 Å². The summed E-state index contributed by atoms with van der Waals surface area (Å²) in [5, 5.41) is 1.53.